The molecule has 2 aromatic rings. The molecule has 1 aromatic heterocycles. The molecule has 128 valence electrons. The minimum Gasteiger partial charge on any atom is -0.497 e. The maximum atomic E-state index is 12.9. The summed E-state index contributed by atoms with van der Waals surface area (Å²) in [4.78, 5) is 14.6. The van der Waals surface area contributed by atoms with Crippen LogP contribution in [0.3, 0.4) is 0 Å². The summed E-state index contributed by atoms with van der Waals surface area (Å²) in [6, 6.07) is 9.23. The average Bonchev–Trinajstić information content (AvgIpc) is 3.17. The van der Waals surface area contributed by atoms with E-state index in [0.29, 0.717) is 18.7 Å². The lowest BCUT2D eigenvalue weighted by molar-refractivity contribution is 0.0682. The Hall–Kier alpha value is -2.27. The van der Waals surface area contributed by atoms with E-state index in [4.69, 9.17) is 9.15 Å². The summed E-state index contributed by atoms with van der Waals surface area (Å²) < 4.78 is 11.0. The summed E-state index contributed by atoms with van der Waals surface area (Å²) in [6.45, 7) is 4.25. The number of amides is 1. The summed E-state index contributed by atoms with van der Waals surface area (Å²) in [5, 5.41) is 10.1. The molecule has 0 aliphatic carbocycles. The normalized spacial score (nSPS) is 20.4. The molecular weight excluding hydrogens is 306 g/mol. The van der Waals surface area contributed by atoms with E-state index in [0.717, 1.165) is 29.1 Å². The minimum absolute atomic E-state index is 0.179. The van der Waals surface area contributed by atoms with Crippen LogP contribution in [0.15, 0.2) is 34.7 Å². The van der Waals surface area contributed by atoms with Crippen molar-refractivity contribution in [2.24, 2.45) is 0 Å². The van der Waals surface area contributed by atoms with Crippen LogP contribution in [0.4, 0.5) is 0 Å². The van der Waals surface area contributed by atoms with Gasteiger partial charge < -0.3 is 19.2 Å². The number of hydrogen-bond donors (Lipinski definition) is 1. The van der Waals surface area contributed by atoms with E-state index in [1.54, 1.807) is 18.1 Å². The number of hydrogen-bond acceptors (Lipinski definition) is 4. The Morgan fingerprint density at radius 1 is 1.42 bits per heavy atom. The molecule has 1 aliphatic heterocycles. The molecule has 2 atom stereocenters. The number of carbonyl (C=O) groups excluding carboxylic acids is 1. The molecule has 3 rings (SSSR count). The van der Waals surface area contributed by atoms with Crippen molar-refractivity contribution in [2.75, 3.05) is 13.7 Å². The molecule has 5 heteroatoms. The number of aliphatic hydroxyl groups excluding tert-OH is 1. The van der Waals surface area contributed by atoms with Crippen LogP contribution in [0.25, 0.3) is 0 Å². The van der Waals surface area contributed by atoms with E-state index in [1.807, 2.05) is 38.1 Å². The molecule has 1 aliphatic rings. The molecule has 2 heterocycles. The van der Waals surface area contributed by atoms with E-state index in [9.17, 15) is 9.90 Å². The number of likely N-dealkylation sites (tertiary alicyclic amines) is 1. The molecule has 24 heavy (non-hydrogen) atoms. The van der Waals surface area contributed by atoms with E-state index >= 15 is 0 Å². The molecular formula is C19H23NO4. The largest absolute Gasteiger partial charge is 0.497 e. The summed E-state index contributed by atoms with van der Waals surface area (Å²) >= 11 is 0. The van der Waals surface area contributed by atoms with E-state index in [2.05, 4.69) is 0 Å². The minimum atomic E-state index is -0.535. The Bertz CT molecular complexity index is 737. The van der Waals surface area contributed by atoms with Crippen LogP contribution in [0.2, 0.25) is 0 Å². The summed E-state index contributed by atoms with van der Waals surface area (Å²) in [5.74, 6) is 1.73. The third kappa shape index (κ3) is 3.04. The third-order valence-corrected chi connectivity index (χ3v) is 4.57. The fourth-order valence-corrected chi connectivity index (χ4v) is 3.32. The van der Waals surface area contributed by atoms with Gasteiger partial charge in [-0.2, -0.15) is 0 Å². The van der Waals surface area contributed by atoms with Gasteiger partial charge in [0.1, 0.15) is 11.5 Å². The Morgan fingerprint density at radius 2 is 2.21 bits per heavy atom. The zero-order valence-electron chi connectivity index (χ0n) is 14.3. The van der Waals surface area contributed by atoms with Crippen LogP contribution >= 0.6 is 0 Å². The highest BCUT2D eigenvalue weighted by molar-refractivity contribution is 5.92. The van der Waals surface area contributed by atoms with Crippen LogP contribution in [0, 0.1) is 6.92 Å². The number of rotatable bonds is 4. The number of methoxy groups -OCH3 is 1. The molecule has 0 spiro atoms. The molecule has 1 aromatic carbocycles. The van der Waals surface area contributed by atoms with Crippen molar-refractivity contribution in [2.45, 2.75) is 38.8 Å². The van der Waals surface area contributed by atoms with Gasteiger partial charge in [-0.15, -0.1) is 0 Å². The molecule has 0 saturated carbocycles. The van der Waals surface area contributed by atoms with Crippen LogP contribution in [-0.4, -0.2) is 35.7 Å². The van der Waals surface area contributed by atoms with Crippen LogP contribution in [-0.2, 0) is 6.42 Å². The second-order valence-corrected chi connectivity index (χ2v) is 6.21. The molecule has 5 nitrogen and oxygen atoms in total. The molecule has 1 fully saturated rings. The molecule has 1 N–H and O–H groups in total. The number of nitrogens with zero attached hydrogens (tertiary/aromatic N) is 1. The van der Waals surface area contributed by atoms with E-state index in [1.165, 1.54) is 0 Å². The van der Waals surface area contributed by atoms with Crippen molar-refractivity contribution in [3.8, 4) is 5.75 Å². The van der Waals surface area contributed by atoms with Gasteiger partial charge in [0.25, 0.3) is 5.91 Å². The maximum Gasteiger partial charge on any atom is 0.290 e. The summed E-state index contributed by atoms with van der Waals surface area (Å²) in [6.07, 6.45) is 0.729. The van der Waals surface area contributed by atoms with Crippen molar-refractivity contribution >= 4 is 5.91 Å². The standard InChI is InChI=1S/C19H23NO4/c1-4-17-12(2)8-18(24-17)19(22)20-11-14(21)10-16(20)13-6-5-7-15(9-13)23-3/h5-9,14,16,21H,4,10-11H2,1-3H3/t14-,16+/m0/s1. The van der Waals surface area contributed by atoms with Gasteiger partial charge >= 0.3 is 0 Å². The highest BCUT2D eigenvalue weighted by Gasteiger charge is 2.37. The number of β-amino-alcohol motifs (C(OH)–C–C–N with tert-alkyl or cyclic N) is 1. The van der Waals surface area contributed by atoms with Gasteiger partial charge in [-0.1, -0.05) is 19.1 Å². The zero-order chi connectivity index (χ0) is 17.3. The van der Waals surface area contributed by atoms with Crippen LogP contribution in [0.1, 0.15) is 46.8 Å². The van der Waals surface area contributed by atoms with Gasteiger partial charge in [-0.3, -0.25) is 4.79 Å². The Labute approximate surface area is 141 Å². The quantitative estimate of drug-likeness (QED) is 0.936. The topological polar surface area (TPSA) is 62.9 Å². The number of carbonyl (C=O) groups is 1. The first-order chi connectivity index (χ1) is 11.5. The first kappa shape index (κ1) is 16.6. The molecule has 1 saturated heterocycles. The first-order valence-corrected chi connectivity index (χ1v) is 8.25. The van der Waals surface area contributed by atoms with Gasteiger partial charge in [-0.25, -0.2) is 0 Å². The van der Waals surface area contributed by atoms with Crippen molar-refractivity contribution < 1.29 is 19.1 Å². The Balaban J connectivity index is 1.90. The second kappa shape index (κ2) is 6.69. The highest BCUT2D eigenvalue weighted by Crippen LogP contribution is 2.35. The molecule has 0 bridgehead atoms. The third-order valence-electron chi connectivity index (χ3n) is 4.57. The second-order valence-electron chi connectivity index (χ2n) is 6.21. The Morgan fingerprint density at radius 3 is 2.88 bits per heavy atom. The number of ether oxygens (including phenoxy) is 1. The molecule has 1 amide bonds. The lowest BCUT2D eigenvalue weighted by Crippen LogP contribution is -2.31. The zero-order valence-corrected chi connectivity index (χ0v) is 14.3. The number of benzene rings is 1. The van der Waals surface area contributed by atoms with Gasteiger partial charge in [0, 0.05) is 13.0 Å². The van der Waals surface area contributed by atoms with Crippen molar-refractivity contribution in [3.63, 3.8) is 0 Å². The SMILES string of the molecule is CCc1oc(C(=O)N2C[C@@H](O)C[C@@H]2c2cccc(OC)c2)cc1C. The highest BCUT2D eigenvalue weighted by atomic mass is 16.5. The smallest absolute Gasteiger partial charge is 0.290 e. The number of aliphatic hydroxyl groups is 1. The first-order valence-electron chi connectivity index (χ1n) is 8.25. The monoisotopic (exact) mass is 329 g/mol. The average molecular weight is 329 g/mol. The fourth-order valence-electron chi connectivity index (χ4n) is 3.32. The number of furan rings is 1. The predicted octanol–water partition coefficient (Wildman–Crippen LogP) is 3.11. The molecule has 0 unspecified atom stereocenters. The van der Waals surface area contributed by atoms with Gasteiger partial charge in [0.2, 0.25) is 0 Å². The fraction of sp³-hybridized carbons (Fsp3) is 0.421. The summed E-state index contributed by atoms with van der Waals surface area (Å²) in [5.41, 5.74) is 1.94. The van der Waals surface area contributed by atoms with E-state index in [-0.39, 0.29) is 11.9 Å². The predicted molar refractivity (Wildman–Crippen MR) is 90.2 cm³/mol. The number of aryl methyl sites for hydroxylation is 2. The van der Waals surface area contributed by atoms with Crippen molar-refractivity contribution in [3.05, 3.63) is 53.0 Å². The maximum absolute atomic E-state index is 12.9. The van der Waals surface area contributed by atoms with E-state index < -0.39 is 6.10 Å². The lowest BCUT2D eigenvalue weighted by atomic mass is 10.0. The van der Waals surface area contributed by atoms with Gasteiger partial charge in [0.05, 0.1) is 19.3 Å². The molecule has 0 radical (unpaired) electrons. The lowest BCUT2D eigenvalue weighted by Gasteiger charge is -2.24. The van der Waals surface area contributed by atoms with Crippen LogP contribution < -0.4 is 4.74 Å². The van der Waals surface area contributed by atoms with Crippen molar-refractivity contribution in [1.82, 2.24) is 4.90 Å². The van der Waals surface area contributed by atoms with Crippen LogP contribution in [0.5, 0.6) is 5.75 Å². The summed E-state index contributed by atoms with van der Waals surface area (Å²) in [7, 11) is 1.61. The van der Waals surface area contributed by atoms with Crippen molar-refractivity contribution in [1.29, 1.82) is 0 Å². The van der Waals surface area contributed by atoms with Gasteiger partial charge in [0.15, 0.2) is 5.76 Å². The van der Waals surface area contributed by atoms with Gasteiger partial charge in [-0.05, 0) is 42.7 Å². The Kier molecular flexibility index (Phi) is 4.62.